The molecule has 0 spiro atoms. The van der Waals surface area contributed by atoms with Crippen molar-refractivity contribution < 1.29 is 19.2 Å². The zero-order valence-corrected chi connectivity index (χ0v) is 21.5. The standard InChI is InChI=1S/C29H35N3O4/c1-5-9-22(30-26(34)19-12-14-21(15-13-19)29(2,3)4)28(36)31-17-16-23-25(31)24(33)18-32(23)27(35)20-10-7-6-8-11-20/h6-8,10-15,22-23,25H,5,9,16-18H2,1-4H3,(H,30,34)/t22-,23+,25-/m0/s1. The minimum absolute atomic E-state index is 0.00221. The minimum atomic E-state index is -0.727. The molecule has 2 aromatic rings. The summed E-state index contributed by atoms with van der Waals surface area (Å²) >= 11 is 0. The van der Waals surface area contributed by atoms with Crippen molar-refractivity contribution in [2.45, 2.75) is 70.5 Å². The molecule has 0 saturated carbocycles. The van der Waals surface area contributed by atoms with Crippen molar-refractivity contribution >= 4 is 23.5 Å². The number of hydrogen-bond acceptors (Lipinski definition) is 4. The number of nitrogens with zero attached hydrogens (tertiary/aromatic N) is 2. The highest BCUT2D eigenvalue weighted by Gasteiger charge is 2.52. The van der Waals surface area contributed by atoms with Crippen molar-refractivity contribution in [2.24, 2.45) is 0 Å². The van der Waals surface area contributed by atoms with Gasteiger partial charge in [-0.2, -0.15) is 0 Å². The van der Waals surface area contributed by atoms with Crippen LogP contribution in [-0.2, 0) is 15.0 Å². The Morgan fingerprint density at radius 3 is 2.25 bits per heavy atom. The number of rotatable bonds is 6. The predicted octanol–water partition coefficient (Wildman–Crippen LogP) is 3.58. The number of Topliss-reactive ketones (excluding diaryl/α,β-unsaturated/α-hetero) is 1. The maximum atomic E-state index is 13.6. The van der Waals surface area contributed by atoms with Gasteiger partial charge in [0.15, 0.2) is 5.78 Å². The Balaban J connectivity index is 1.47. The quantitative estimate of drug-likeness (QED) is 0.672. The molecule has 2 heterocycles. The molecule has 190 valence electrons. The molecule has 7 nitrogen and oxygen atoms in total. The zero-order valence-electron chi connectivity index (χ0n) is 21.5. The summed E-state index contributed by atoms with van der Waals surface area (Å²) in [5.74, 6) is -0.889. The molecule has 2 saturated heterocycles. The number of fused-ring (bicyclic) bond motifs is 1. The molecule has 7 heteroatoms. The van der Waals surface area contributed by atoms with Crippen molar-refractivity contribution in [1.29, 1.82) is 0 Å². The van der Waals surface area contributed by atoms with E-state index in [0.29, 0.717) is 36.9 Å². The molecule has 3 atom stereocenters. The van der Waals surface area contributed by atoms with E-state index in [-0.39, 0.29) is 41.5 Å². The highest BCUT2D eigenvalue weighted by atomic mass is 16.2. The third-order valence-electron chi connectivity index (χ3n) is 7.18. The van der Waals surface area contributed by atoms with Crippen molar-refractivity contribution in [3.8, 4) is 0 Å². The van der Waals surface area contributed by atoms with Crippen LogP contribution in [0.3, 0.4) is 0 Å². The van der Waals surface area contributed by atoms with E-state index in [1.54, 1.807) is 46.2 Å². The maximum Gasteiger partial charge on any atom is 0.254 e. The van der Waals surface area contributed by atoms with Gasteiger partial charge in [-0.25, -0.2) is 0 Å². The normalized spacial score (nSPS) is 20.3. The van der Waals surface area contributed by atoms with Crippen LogP contribution in [-0.4, -0.2) is 64.5 Å². The lowest BCUT2D eigenvalue weighted by Gasteiger charge is -2.28. The number of carbonyl (C=O) groups is 4. The van der Waals surface area contributed by atoms with E-state index in [1.807, 2.05) is 25.1 Å². The van der Waals surface area contributed by atoms with Crippen LogP contribution in [0.25, 0.3) is 0 Å². The maximum absolute atomic E-state index is 13.6. The molecular weight excluding hydrogens is 454 g/mol. The molecule has 0 unspecified atom stereocenters. The fourth-order valence-corrected chi connectivity index (χ4v) is 5.20. The molecule has 36 heavy (non-hydrogen) atoms. The topological polar surface area (TPSA) is 86.8 Å². The summed E-state index contributed by atoms with van der Waals surface area (Å²) in [6.07, 6.45) is 1.72. The van der Waals surface area contributed by atoms with E-state index < -0.39 is 12.1 Å². The molecule has 2 aliphatic rings. The van der Waals surface area contributed by atoms with Crippen LogP contribution in [0.2, 0.25) is 0 Å². The van der Waals surface area contributed by atoms with Crippen LogP contribution in [0.5, 0.6) is 0 Å². The average molecular weight is 490 g/mol. The third-order valence-corrected chi connectivity index (χ3v) is 7.18. The van der Waals surface area contributed by atoms with Crippen molar-refractivity contribution in [3.05, 3.63) is 71.3 Å². The number of nitrogens with one attached hydrogen (secondary N) is 1. The lowest BCUT2D eigenvalue weighted by Crippen LogP contribution is -2.52. The molecule has 2 aliphatic heterocycles. The van der Waals surface area contributed by atoms with Crippen molar-refractivity contribution in [2.75, 3.05) is 13.1 Å². The van der Waals surface area contributed by atoms with Crippen LogP contribution in [0.1, 0.15) is 73.2 Å². The van der Waals surface area contributed by atoms with Gasteiger partial charge in [-0.15, -0.1) is 0 Å². The summed E-state index contributed by atoms with van der Waals surface area (Å²) < 4.78 is 0. The second-order valence-electron chi connectivity index (χ2n) is 10.7. The van der Waals surface area contributed by atoms with Gasteiger partial charge in [0.05, 0.1) is 12.6 Å². The van der Waals surface area contributed by atoms with Gasteiger partial charge in [-0.3, -0.25) is 19.2 Å². The number of hydrogen-bond donors (Lipinski definition) is 1. The second-order valence-corrected chi connectivity index (χ2v) is 10.7. The summed E-state index contributed by atoms with van der Waals surface area (Å²) in [5, 5.41) is 2.90. The van der Waals surface area contributed by atoms with Crippen LogP contribution in [0.15, 0.2) is 54.6 Å². The van der Waals surface area contributed by atoms with Crippen LogP contribution in [0.4, 0.5) is 0 Å². The van der Waals surface area contributed by atoms with E-state index in [2.05, 4.69) is 26.1 Å². The molecule has 0 bridgehead atoms. The number of likely N-dealkylation sites (tertiary alicyclic amines) is 2. The summed E-state index contributed by atoms with van der Waals surface area (Å²) in [6, 6.07) is 14.6. The number of ketones is 1. The van der Waals surface area contributed by atoms with Crippen molar-refractivity contribution in [3.63, 3.8) is 0 Å². The summed E-state index contributed by atoms with van der Waals surface area (Å²) in [6.45, 7) is 8.67. The first-order valence-corrected chi connectivity index (χ1v) is 12.7. The number of benzene rings is 2. The van der Waals surface area contributed by atoms with Gasteiger partial charge in [-0.05, 0) is 48.1 Å². The molecule has 2 aromatic carbocycles. The number of amides is 3. The van der Waals surface area contributed by atoms with Gasteiger partial charge in [0, 0.05) is 17.7 Å². The van der Waals surface area contributed by atoms with Gasteiger partial charge >= 0.3 is 0 Å². The Bertz CT molecular complexity index is 1140. The Labute approximate surface area is 212 Å². The lowest BCUT2D eigenvalue weighted by molar-refractivity contribution is -0.138. The molecule has 4 rings (SSSR count). The van der Waals surface area contributed by atoms with E-state index >= 15 is 0 Å². The lowest BCUT2D eigenvalue weighted by atomic mass is 9.86. The molecule has 0 radical (unpaired) electrons. The van der Waals surface area contributed by atoms with E-state index in [1.165, 1.54) is 0 Å². The first-order chi connectivity index (χ1) is 17.1. The minimum Gasteiger partial charge on any atom is -0.340 e. The average Bonchev–Trinajstić information content (AvgIpc) is 3.44. The van der Waals surface area contributed by atoms with Gasteiger partial charge < -0.3 is 15.1 Å². The summed E-state index contributed by atoms with van der Waals surface area (Å²) in [5.41, 5.74) is 2.13. The highest BCUT2D eigenvalue weighted by molar-refractivity contribution is 6.03. The molecular formula is C29H35N3O4. The zero-order chi connectivity index (χ0) is 26.0. The first-order valence-electron chi connectivity index (χ1n) is 12.7. The Kier molecular flexibility index (Phi) is 7.29. The fraction of sp³-hybridized carbons (Fsp3) is 0.448. The first kappa shape index (κ1) is 25.6. The van der Waals surface area contributed by atoms with Crippen LogP contribution >= 0.6 is 0 Å². The van der Waals surface area contributed by atoms with Crippen LogP contribution < -0.4 is 5.32 Å². The van der Waals surface area contributed by atoms with Gasteiger partial charge in [-0.1, -0.05) is 64.4 Å². The second kappa shape index (κ2) is 10.2. The molecule has 0 aliphatic carbocycles. The molecule has 0 aromatic heterocycles. The largest absolute Gasteiger partial charge is 0.340 e. The summed E-state index contributed by atoms with van der Waals surface area (Å²) in [4.78, 5) is 55.8. The van der Waals surface area contributed by atoms with Gasteiger partial charge in [0.25, 0.3) is 11.8 Å². The number of carbonyl (C=O) groups excluding carboxylic acids is 4. The van der Waals surface area contributed by atoms with E-state index in [0.717, 1.165) is 5.56 Å². The molecule has 1 N–H and O–H groups in total. The predicted molar refractivity (Wildman–Crippen MR) is 138 cm³/mol. The van der Waals surface area contributed by atoms with E-state index in [9.17, 15) is 19.2 Å². The SMILES string of the molecule is CCC[C@H](NC(=O)c1ccc(C(C)(C)C)cc1)C(=O)N1CC[C@@H]2[C@H]1C(=O)CN2C(=O)c1ccccc1. The highest BCUT2D eigenvalue weighted by Crippen LogP contribution is 2.31. The van der Waals surface area contributed by atoms with E-state index in [4.69, 9.17) is 0 Å². The monoisotopic (exact) mass is 489 g/mol. The van der Waals surface area contributed by atoms with Gasteiger partial charge in [0.1, 0.15) is 12.1 Å². The van der Waals surface area contributed by atoms with Crippen molar-refractivity contribution in [1.82, 2.24) is 15.1 Å². The Morgan fingerprint density at radius 1 is 0.972 bits per heavy atom. The molecule has 3 amide bonds. The Hall–Kier alpha value is -3.48. The smallest absolute Gasteiger partial charge is 0.254 e. The third kappa shape index (κ3) is 5.06. The van der Waals surface area contributed by atoms with Gasteiger partial charge in [0.2, 0.25) is 5.91 Å². The van der Waals surface area contributed by atoms with Crippen LogP contribution in [0, 0.1) is 0 Å². The summed E-state index contributed by atoms with van der Waals surface area (Å²) in [7, 11) is 0. The molecule has 2 fully saturated rings. The fourth-order valence-electron chi connectivity index (χ4n) is 5.20. The Morgan fingerprint density at radius 2 is 1.64 bits per heavy atom.